The van der Waals surface area contributed by atoms with Crippen molar-refractivity contribution < 1.29 is 19.0 Å². The van der Waals surface area contributed by atoms with Gasteiger partial charge < -0.3 is 25.0 Å². The molecule has 4 aromatic rings. The SMILES string of the molecule is COc1cc(F)ccc1Nc1ncc(C)c(-n2ccc(C(=O)NC(CO)c3cccc(Cl)c3)c2)n1. The molecule has 0 aliphatic heterocycles. The van der Waals surface area contributed by atoms with Crippen molar-refractivity contribution in [2.75, 3.05) is 19.0 Å². The Morgan fingerprint density at radius 3 is 2.83 bits per heavy atom. The molecule has 35 heavy (non-hydrogen) atoms. The molecule has 0 spiro atoms. The van der Waals surface area contributed by atoms with E-state index in [9.17, 15) is 14.3 Å². The number of hydrogen-bond donors (Lipinski definition) is 3. The predicted molar refractivity (Wildman–Crippen MR) is 131 cm³/mol. The second-order valence-corrected chi connectivity index (χ2v) is 8.18. The number of nitrogens with zero attached hydrogens (tertiary/aromatic N) is 3. The summed E-state index contributed by atoms with van der Waals surface area (Å²) in [7, 11) is 1.45. The molecule has 0 fully saturated rings. The molecule has 10 heteroatoms. The molecule has 0 aliphatic carbocycles. The van der Waals surface area contributed by atoms with Gasteiger partial charge in [-0.1, -0.05) is 23.7 Å². The molecule has 3 N–H and O–H groups in total. The molecule has 0 radical (unpaired) electrons. The van der Waals surface area contributed by atoms with E-state index >= 15 is 0 Å². The van der Waals surface area contributed by atoms with Gasteiger partial charge in [-0.25, -0.2) is 9.37 Å². The number of benzene rings is 2. The number of halogens is 2. The Balaban J connectivity index is 1.54. The van der Waals surface area contributed by atoms with Crippen LogP contribution in [0.3, 0.4) is 0 Å². The van der Waals surface area contributed by atoms with Gasteiger partial charge in [0, 0.05) is 35.2 Å². The molecule has 2 heterocycles. The fourth-order valence-electron chi connectivity index (χ4n) is 3.51. The molecular weight excluding hydrogens is 473 g/mol. The van der Waals surface area contributed by atoms with E-state index in [0.717, 1.165) is 5.56 Å². The van der Waals surface area contributed by atoms with E-state index in [2.05, 4.69) is 20.6 Å². The Hall–Kier alpha value is -3.95. The van der Waals surface area contributed by atoms with Crippen LogP contribution in [0.5, 0.6) is 5.75 Å². The highest BCUT2D eigenvalue weighted by Crippen LogP contribution is 2.27. The number of rotatable bonds is 8. The molecule has 0 bridgehead atoms. The van der Waals surface area contributed by atoms with E-state index in [1.165, 1.54) is 25.3 Å². The van der Waals surface area contributed by atoms with Gasteiger partial charge in [0.1, 0.15) is 17.4 Å². The molecule has 0 aliphatic rings. The van der Waals surface area contributed by atoms with E-state index in [1.807, 2.05) is 6.92 Å². The zero-order chi connectivity index (χ0) is 24.9. The summed E-state index contributed by atoms with van der Waals surface area (Å²) in [5, 5.41) is 16.1. The van der Waals surface area contributed by atoms with Crippen LogP contribution in [0.1, 0.15) is 27.5 Å². The number of hydrogen-bond acceptors (Lipinski definition) is 6. The van der Waals surface area contributed by atoms with Crippen molar-refractivity contribution in [3.8, 4) is 11.6 Å². The van der Waals surface area contributed by atoms with Crippen LogP contribution < -0.4 is 15.4 Å². The van der Waals surface area contributed by atoms with Crippen molar-refractivity contribution in [1.29, 1.82) is 0 Å². The Morgan fingerprint density at radius 1 is 1.26 bits per heavy atom. The molecule has 2 aromatic heterocycles. The monoisotopic (exact) mass is 495 g/mol. The van der Waals surface area contributed by atoms with Gasteiger partial charge in [0.2, 0.25) is 5.95 Å². The summed E-state index contributed by atoms with van der Waals surface area (Å²) < 4.78 is 20.4. The second-order valence-electron chi connectivity index (χ2n) is 7.74. The number of carbonyl (C=O) groups excluding carboxylic acids is 1. The Bertz CT molecular complexity index is 1360. The standard InChI is InChI=1S/C25H23ClFN5O3/c1-15-12-28-25(30-20-7-6-19(27)11-22(20)35-2)31-23(15)32-9-8-17(13-32)24(34)29-21(14-33)16-4-3-5-18(26)10-16/h3-13,21,33H,14H2,1-2H3,(H,29,34)(H,28,30,31). The van der Waals surface area contributed by atoms with Crippen LogP contribution >= 0.6 is 11.6 Å². The number of aryl methyl sites for hydroxylation is 1. The molecule has 0 saturated carbocycles. The van der Waals surface area contributed by atoms with Crippen LogP contribution in [0.4, 0.5) is 16.0 Å². The number of aromatic nitrogens is 3. The average Bonchev–Trinajstić information content (AvgIpc) is 3.35. The number of nitrogens with one attached hydrogen (secondary N) is 2. The lowest BCUT2D eigenvalue weighted by Gasteiger charge is -2.16. The van der Waals surface area contributed by atoms with Crippen molar-refractivity contribution in [2.24, 2.45) is 0 Å². The summed E-state index contributed by atoms with van der Waals surface area (Å²) in [6.07, 6.45) is 4.99. The quantitative estimate of drug-likeness (QED) is 0.330. The van der Waals surface area contributed by atoms with E-state index in [1.54, 1.807) is 53.5 Å². The summed E-state index contributed by atoms with van der Waals surface area (Å²) in [6, 6.07) is 12.1. The van der Waals surface area contributed by atoms with Crippen LogP contribution in [-0.4, -0.2) is 39.3 Å². The first-order valence-corrected chi connectivity index (χ1v) is 11.1. The molecule has 180 valence electrons. The van der Waals surface area contributed by atoms with Crippen LogP contribution in [-0.2, 0) is 0 Å². The number of carbonyl (C=O) groups is 1. The summed E-state index contributed by atoms with van der Waals surface area (Å²) in [5.74, 6) is 0.361. The van der Waals surface area contributed by atoms with Crippen LogP contribution in [0, 0.1) is 12.7 Å². The van der Waals surface area contributed by atoms with E-state index < -0.39 is 11.9 Å². The van der Waals surface area contributed by atoms with E-state index in [4.69, 9.17) is 16.3 Å². The number of aliphatic hydroxyl groups excluding tert-OH is 1. The fraction of sp³-hybridized carbons (Fsp3) is 0.160. The highest BCUT2D eigenvalue weighted by Gasteiger charge is 2.17. The Labute approximate surface area is 206 Å². The molecular formula is C25H23ClFN5O3. The molecule has 0 saturated heterocycles. The summed E-state index contributed by atoms with van der Waals surface area (Å²) in [6.45, 7) is 1.57. The van der Waals surface area contributed by atoms with Crippen molar-refractivity contribution in [1.82, 2.24) is 19.9 Å². The van der Waals surface area contributed by atoms with Crippen LogP contribution in [0.2, 0.25) is 5.02 Å². The summed E-state index contributed by atoms with van der Waals surface area (Å²) in [4.78, 5) is 21.7. The third-order valence-electron chi connectivity index (χ3n) is 5.29. The summed E-state index contributed by atoms with van der Waals surface area (Å²) in [5.41, 5.74) is 2.37. The minimum absolute atomic E-state index is 0.275. The van der Waals surface area contributed by atoms with Crippen molar-refractivity contribution in [3.63, 3.8) is 0 Å². The third-order valence-corrected chi connectivity index (χ3v) is 5.53. The maximum atomic E-state index is 13.5. The van der Waals surface area contributed by atoms with E-state index in [-0.39, 0.29) is 18.5 Å². The number of amides is 1. The van der Waals surface area contributed by atoms with Gasteiger partial charge in [-0.05, 0) is 42.8 Å². The minimum Gasteiger partial charge on any atom is -0.494 e. The Kier molecular flexibility index (Phi) is 7.28. The lowest BCUT2D eigenvalue weighted by molar-refractivity contribution is 0.0916. The largest absolute Gasteiger partial charge is 0.494 e. The maximum Gasteiger partial charge on any atom is 0.253 e. The molecule has 1 atom stereocenters. The smallest absolute Gasteiger partial charge is 0.253 e. The van der Waals surface area contributed by atoms with Gasteiger partial charge in [0.05, 0.1) is 31.0 Å². The van der Waals surface area contributed by atoms with E-state index in [0.29, 0.717) is 33.4 Å². The first-order chi connectivity index (χ1) is 16.9. The highest BCUT2D eigenvalue weighted by molar-refractivity contribution is 6.30. The number of methoxy groups -OCH3 is 1. The van der Waals surface area contributed by atoms with Gasteiger partial charge >= 0.3 is 0 Å². The minimum atomic E-state index is -0.605. The molecule has 8 nitrogen and oxygen atoms in total. The zero-order valence-electron chi connectivity index (χ0n) is 19.0. The first kappa shape index (κ1) is 24.2. The summed E-state index contributed by atoms with van der Waals surface area (Å²) >= 11 is 6.03. The average molecular weight is 496 g/mol. The topological polar surface area (TPSA) is 101 Å². The van der Waals surface area contributed by atoms with Gasteiger partial charge in [-0.15, -0.1) is 0 Å². The fourth-order valence-corrected chi connectivity index (χ4v) is 3.70. The normalized spacial score (nSPS) is 11.7. The van der Waals surface area contributed by atoms with Crippen molar-refractivity contribution >= 4 is 29.1 Å². The van der Waals surface area contributed by atoms with Crippen molar-refractivity contribution in [2.45, 2.75) is 13.0 Å². The third kappa shape index (κ3) is 5.59. The predicted octanol–water partition coefficient (Wildman–Crippen LogP) is 4.58. The van der Waals surface area contributed by atoms with Gasteiger partial charge in [-0.3, -0.25) is 4.79 Å². The molecule has 4 rings (SSSR count). The number of anilines is 2. The number of aliphatic hydroxyl groups is 1. The Morgan fingerprint density at radius 2 is 2.09 bits per heavy atom. The number of ether oxygens (including phenoxy) is 1. The van der Waals surface area contributed by atoms with Crippen molar-refractivity contribution in [3.05, 3.63) is 94.7 Å². The highest BCUT2D eigenvalue weighted by atomic mass is 35.5. The lowest BCUT2D eigenvalue weighted by Crippen LogP contribution is -2.30. The molecule has 2 aromatic carbocycles. The second kappa shape index (κ2) is 10.5. The maximum absolute atomic E-state index is 13.5. The first-order valence-electron chi connectivity index (χ1n) is 10.7. The molecule has 1 unspecified atom stereocenters. The zero-order valence-corrected chi connectivity index (χ0v) is 19.8. The van der Waals surface area contributed by atoms with Crippen LogP contribution in [0.25, 0.3) is 5.82 Å². The van der Waals surface area contributed by atoms with Gasteiger partial charge in [-0.2, -0.15) is 4.98 Å². The van der Waals surface area contributed by atoms with Gasteiger partial charge in [0.25, 0.3) is 5.91 Å². The lowest BCUT2D eigenvalue weighted by atomic mass is 10.1. The van der Waals surface area contributed by atoms with Crippen LogP contribution in [0.15, 0.2) is 67.1 Å². The molecule has 1 amide bonds. The van der Waals surface area contributed by atoms with Gasteiger partial charge in [0.15, 0.2) is 0 Å².